The van der Waals surface area contributed by atoms with Gasteiger partial charge in [0, 0.05) is 30.0 Å². The molecule has 0 aromatic carbocycles. The molecule has 32 heavy (non-hydrogen) atoms. The van der Waals surface area contributed by atoms with Crippen LogP contribution in [0.3, 0.4) is 0 Å². The van der Waals surface area contributed by atoms with Gasteiger partial charge in [-0.05, 0) is 77.0 Å². The van der Waals surface area contributed by atoms with Gasteiger partial charge in [-0.25, -0.2) is 9.48 Å². The minimum atomic E-state index is -0.248. The number of carbonyl (C=O) groups is 2. The van der Waals surface area contributed by atoms with Gasteiger partial charge in [0.05, 0.1) is 11.2 Å². The molecule has 0 aliphatic heterocycles. The van der Waals surface area contributed by atoms with Crippen molar-refractivity contribution in [3.63, 3.8) is 0 Å². The van der Waals surface area contributed by atoms with Crippen molar-refractivity contribution in [3.8, 4) is 0 Å². The van der Waals surface area contributed by atoms with Crippen LogP contribution in [0.4, 0.5) is 10.6 Å². The van der Waals surface area contributed by atoms with Crippen LogP contribution in [0.5, 0.6) is 0 Å². The van der Waals surface area contributed by atoms with Gasteiger partial charge in [-0.15, -0.1) is 0 Å². The number of carbonyl (C=O) groups excluding carboxylic acids is 2. The highest BCUT2D eigenvalue weighted by Crippen LogP contribution is 2.55. The monoisotopic (exact) mass is 443 g/mol. The Kier molecular flexibility index (Phi) is 5.83. The molecule has 7 nitrogen and oxygen atoms in total. The lowest BCUT2D eigenvalue weighted by molar-refractivity contribution is -0.116. The normalized spacial score (nSPS) is 29.1. The molecule has 4 aliphatic carbocycles. The zero-order valence-electron chi connectivity index (χ0n) is 20.7. The lowest BCUT2D eigenvalue weighted by Gasteiger charge is -2.56. The first-order valence-corrected chi connectivity index (χ1v) is 12.3. The third kappa shape index (κ3) is 4.96. The molecule has 4 bridgehead atoms. The molecule has 1 aromatic rings. The minimum absolute atomic E-state index is 0.0103. The quantitative estimate of drug-likeness (QED) is 0.625. The summed E-state index contributed by atoms with van der Waals surface area (Å²) in [5.74, 6) is 2.95. The summed E-state index contributed by atoms with van der Waals surface area (Å²) in [4.78, 5) is 25.2. The standard InChI is InChI=1S/C25H41N5O2/c1-23(2,3)19-12-20(30(29-19)24(4,5)6)27-21(31)7-8-26-22(32)28-25-13-16-9-17(14-25)11-18(10-16)15-25/h12,16-18H,7-11,13-15H2,1-6H3,(H,27,31)(H2,26,28,32). The number of nitrogens with one attached hydrogen (secondary N) is 3. The summed E-state index contributed by atoms with van der Waals surface area (Å²) in [6, 6.07) is 1.82. The van der Waals surface area contributed by atoms with Gasteiger partial charge in [0.1, 0.15) is 5.82 Å². The smallest absolute Gasteiger partial charge is 0.315 e. The second kappa shape index (κ2) is 8.07. The fourth-order valence-corrected chi connectivity index (χ4v) is 6.39. The molecule has 0 radical (unpaired) electrons. The van der Waals surface area contributed by atoms with E-state index in [4.69, 9.17) is 5.10 Å². The molecule has 4 saturated carbocycles. The van der Waals surface area contributed by atoms with Crippen LogP contribution < -0.4 is 16.0 Å². The van der Waals surface area contributed by atoms with Gasteiger partial charge in [0.25, 0.3) is 0 Å². The molecule has 3 N–H and O–H groups in total. The van der Waals surface area contributed by atoms with Gasteiger partial charge in [-0.3, -0.25) is 4.79 Å². The Morgan fingerprint density at radius 3 is 2.09 bits per heavy atom. The van der Waals surface area contributed by atoms with Gasteiger partial charge in [0.2, 0.25) is 5.91 Å². The molecule has 178 valence electrons. The van der Waals surface area contributed by atoms with Crippen LogP contribution in [0.1, 0.15) is 92.2 Å². The van der Waals surface area contributed by atoms with E-state index in [1.807, 2.05) is 10.7 Å². The number of aromatic nitrogens is 2. The first-order chi connectivity index (χ1) is 14.8. The third-order valence-corrected chi connectivity index (χ3v) is 7.44. The van der Waals surface area contributed by atoms with E-state index in [2.05, 4.69) is 57.5 Å². The average Bonchev–Trinajstić information content (AvgIpc) is 3.04. The summed E-state index contributed by atoms with van der Waals surface area (Å²) in [7, 11) is 0. The summed E-state index contributed by atoms with van der Waals surface area (Å²) in [5.41, 5.74) is 0.578. The summed E-state index contributed by atoms with van der Waals surface area (Å²) >= 11 is 0. The van der Waals surface area contributed by atoms with Crippen molar-refractivity contribution in [3.05, 3.63) is 11.8 Å². The SMILES string of the molecule is CC(C)(C)c1cc(NC(=O)CCNC(=O)NC23CC4CC(CC(C4)C2)C3)n(C(C)(C)C)n1. The van der Waals surface area contributed by atoms with Crippen LogP contribution in [0.15, 0.2) is 6.07 Å². The van der Waals surface area contributed by atoms with E-state index in [0.29, 0.717) is 12.4 Å². The van der Waals surface area contributed by atoms with Crippen LogP contribution in [-0.4, -0.2) is 33.8 Å². The van der Waals surface area contributed by atoms with E-state index in [1.165, 1.54) is 19.3 Å². The Morgan fingerprint density at radius 2 is 1.59 bits per heavy atom. The second-order valence-corrected chi connectivity index (χ2v) is 12.6. The molecule has 7 heteroatoms. The Labute approximate surface area is 192 Å². The fraction of sp³-hybridized carbons (Fsp3) is 0.800. The molecule has 4 aliphatic rings. The van der Waals surface area contributed by atoms with Gasteiger partial charge in [-0.2, -0.15) is 5.10 Å². The molecular weight excluding hydrogens is 402 g/mol. The maximum absolute atomic E-state index is 12.6. The van der Waals surface area contributed by atoms with Crippen molar-refractivity contribution in [2.75, 3.05) is 11.9 Å². The van der Waals surface area contributed by atoms with Gasteiger partial charge in [0.15, 0.2) is 0 Å². The van der Waals surface area contributed by atoms with Crippen LogP contribution in [-0.2, 0) is 15.7 Å². The zero-order valence-corrected chi connectivity index (χ0v) is 20.7. The minimum Gasteiger partial charge on any atom is -0.338 e. The van der Waals surface area contributed by atoms with E-state index in [1.54, 1.807) is 0 Å². The molecule has 4 fully saturated rings. The fourth-order valence-electron chi connectivity index (χ4n) is 6.39. The predicted molar refractivity (Wildman–Crippen MR) is 127 cm³/mol. The Balaban J connectivity index is 1.28. The number of hydrogen-bond acceptors (Lipinski definition) is 3. The largest absolute Gasteiger partial charge is 0.338 e. The van der Waals surface area contributed by atoms with Gasteiger partial charge >= 0.3 is 6.03 Å². The summed E-state index contributed by atoms with van der Waals surface area (Å²) in [6.07, 6.45) is 7.66. The van der Waals surface area contributed by atoms with E-state index >= 15 is 0 Å². The number of anilines is 1. The number of urea groups is 1. The zero-order chi connectivity index (χ0) is 23.3. The second-order valence-electron chi connectivity index (χ2n) is 12.6. The van der Waals surface area contributed by atoms with Crippen LogP contribution in [0.25, 0.3) is 0 Å². The van der Waals surface area contributed by atoms with Gasteiger partial charge < -0.3 is 16.0 Å². The molecule has 0 saturated heterocycles. The van der Waals surface area contributed by atoms with E-state index in [9.17, 15) is 9.59 Å². The molecule has 1 aromatic heterocycles. The molecule has 0 unspecified atom stereocenters. The first-order valence-electron chi connectivity index (χ1n) is 12.3. The molecule has 5 rings (SSSR count). The molecule has 0 spiro atoms. The predicted octanol–water partition coefficient (Wildman–Crippen LogP) is 4.53. The summed E-state index contributed by atoms with van der Waals surface area (Å²) in [6.45, 7) is 12.9. The van der Waals surface area contributed by atoms with Crippen molar-refractivity contribution in [2.45, 2.75) is 103 Å². The van der Waals surface area contributed by atoms with E-state index in [0.717, 1.165) is 42.7 Å². The average molecular weight is 444 g/mol. The van der Waals surface area contributed by atoms with Crippen molar-refractivity contribution >= 4 is 17.8 Å². The molecular formula is C25H41N5O2. The molecule has 0 atom stereocenters. The molecule has 1 heterocycles. The third-order valence-electron chi connectivity index (χ3n) is 7.44. The summed E-state index contributed by atoms with van der Waals surface area (Å²) < 4.78 is 1.87. The van der Waals surface area contributed by atoms with Crippen LogP contribution >= 0.6 is 0 Å². The van der Waals surface area contributed by atoms with Crippen molar-refractivity contribution in [1.82, 2.24) is 20.4 Å². The van der Waals surface area contributed by atoms with Crippen molar-refractivity contribution in [1.29, 1.82) is 0 Å². The van der Waals surface area contributed by atoms with Crippen molar-refractivity contribution in [2.24, 2.45) is 17.8 Å². The number of nitrogens with zero attached hydrogens (tertiary/aromatic N) is 2. The Hall–Kier alpha value is -2.05. The maximum Gasteiger partial charge on any atom is 0.315 e. The highest BCUT2D eigenvalue weighted by molar-refractivity contribution is 5.90. The number of hydrogen-bond donors (Lipinski definition) is 3. The van der Waals surface area contributed by atoms with Crippen molar-refractivity contribution < 1.29 is 9.59 Å². The molecule has 3 amide bonds. The lowest BCUT2D eigenvalue weighted by Crippen LogP contribution is -2.61. The maximum atomic E-state index is 12.6. The topological polar surface area (TPSA) is 88.0 Å². The highest BCUT2D eigenvalue weighted by atomic mass is 16.2. The van der Waals surface area contributed by atoms with E-state index < -0.39 is 0 Å². The highest BCUT2D eigenvalue weighted by Gasteiger charge is 2.51. The number of amides is 3. The van der Waals surface area contributed by atoms with Crippen LogP contribution in [0, 0.1) is 17.8 Å². The first kappa shape index (κ1) is 23.1. The van der Waals surface area contributed by atoms with Crippen LogP contribution in [0.2, 0.25) is 0 Å². The Morgan fingerprint density at radius 1 is 1.03 bits per heavy atom. The number of rotatable bonds is 5. The van der Waals surface area contributed by atoms with Gasteiger partial charge in [-0.1, -0.05) is 20.8 Å². The lowest BCUT2D eigenvalue weighted by atomic mass is 9.53. The Bertz CT molecular complexity index is 839. The summed E-state index contributed by atoms with van der Waals surface area (Å²) in [5, 5.41) is 14.0. The van der Waals surface area contributed by atoms with E-state index in [-0.39, 0.29) is 34.9 Å².